The lowest BCUT2D eigenvalue weighted by Crippen LogP contribution is -2.03. The quantitative estimate of drug-likeness (QED) is 0.573. The fraction of sp³-hybridized carbons (Fsp3) is 0.421. The van der Waals surface area contributed by atoms with E-state index in [-0.39, 0.29) is 12.1 Å². The minimum Gasteiger partial charge on any atom is -0.450 e. The number of nitrogens with zero attached hydrogens (tertiary/aromatic N) is 1. The molecule has 2 aromatic rings. The molecule has 0 radical (unpaired) electrons. The van der Waals surface area contributed by atoms with Crippen molar-refractivity contribution in [1.82, 2.24) is 4.57 Å². The Morgan fingerprint density at radius 2 is 2.05 bits per heavy atom. The molecular formula is C19H23NO2. The van der Waals surface area contributed by atoms with Crippen molar-refractivity contribution in [2.24, 2.45) is 7.05 Å². The van der Waals surface area contributed by atoms with Gasteiger partial charge >= 0.3 is 5.97 Å². The highest BCUT2D eigenvalue weighted by Gasteiger charge is 2.27. The fourth-order valence-corrected chi connectivity index (χ4v) is 3.16. The number of cyclic esters (lactones) is 1. The molecule has 1 unspecified atom stereocenters. The fourth-order valence-electron chi connectivity index (χ4n) is 3.16. The van der Waals surface area contributed by atoms with Crippen molar-refractivity contribution in [3.05, 3.63) is 47.7 Å². The number of unbranched alkanes of at least 4 members (excludes halogenated alkanes) is 3. The molecule has 3 rings (SSSR count). The summed E-state index contributed by atoms with van der Waals surface area (Å²) in [4.78, 5) is 11.7. The van der Waals surface area contributed by atoms with Gasteiger partial charge in [-0.25, -0.2) is 4.79 Å². The number of aromatic nitrogens is 1. The van der Waals surface area contributed by atoms with E-state index in [0.29, 0.717) is 0 Å². The van der Waals surface area contributed by atoms with Crippen LogP contribution >= 0.6 is 0 Å². The number of carbonyl (C=O) groups excluding carboxylic acids is 1. The molecule has 1 aliphatic rings. The maximum absolute atomic E-state index is 11.7. The molecule has 2 heterocycles. The van der Waals surface area contributed by atoms with Crippen molar-refractivity contribution < 1.29 is 9.53 Å². The number of aryl methyl sites for hydroxylation is 1. The zero-order valence-electron chi connectivity index (χ0n) is 13.3. The molecule has 0 amide bonds. The Bertz CT molecular complexity index is 711. The average molecular weight is 297 g/mol. The molecule has 1 aromatic heterocycles. The zero-order chi connectivity index (χ0) is 15.5. The summed E-state index contributed by atoms with van der Waals surface area (Å²) in [6.45, 7) is 2.21. The van der Waals surface area contributed by atoms with Gasteiger partial charge in [-0.1, -0.05) is 32.3 Å². The van der Waals surface area contributed by atoms with Crippen molar-refractivity contribution in [3.8, 4) is 0 Å². The first-order chi connectivity index (χ1) is 10.7. The van der Waals surface area contributed by atoms with Crippen LogP contribution in [0, 0.1) is 0 Å². The Morgan fingerprint density at radius 3 is 2.86 bits per heavy atom. The van der Waals surface area contributed by atoms with Crippen LogP contribution in [0.25, 0.3) is 10.9 Å². The summed E-state index contributed by atoms with van der Waals surface area (Å²) in [6, 6.07) is 8.41. The van der Waals surface area contributed by atoms with E-state index in [2.05, 4.69) is 42.0 Å². The highest BCUT2D eigenvalue weighted by molar-refractivity contribution is 5.87. The third-order valence-corrected chi connectivity index (χ3v) is 4.41. The molecular weight excluding hydrogens is 274 g/mol. The summed E-state index contributed by atoms with van der Waals surface area (Å²) in [5, 5.41) is 1.19. The molecule has 116 valence electrons. The molecule has 0 saturated carbocycles. The SMILES string of the molecule is CCCCCCC1=CC(=O)OC1c1ccc2c(ccn2C)c1. The van der Waals surface area contributed by atoms with E-state index in [4.69, 9.17) is 4.74 Å². The molecule has 0 aliphatic carbocycles. The van der Waals surface area contributed by atoms with Crippen LogP contribution < -0.4 is 0 Å². The molecule has 0 spiro atoms. The van der Waals surface area contributed by atoms with E-state index in [9.17, 15) is 4.79 Å². The van der Waals surface area contributed by atoms with Crippen molar-refractivity contribution in [2.75, 3.05) is 0 Å². The first kappa shape index (κ1) is 14.9. The van der Waals surface area contributed by atoms with Crippen LogP contribution in [-0.2, 0) is 16.6 Å². The summed E-state index contributed by atoms with van der Waals surface area (Å²) in [5.41, 5.74) is 3.39. The molecule has 0 bridgehead atoms. The molecule has 1 atom stereocenters. The van der Waals surface area contributed by atoms with Crippen LogP contribution in [0.4, 0.5) is 0 Å². The third kappa shape index (κ3) is 2.94. The minimum absolute atomic E-state index is 0.196. The number of rotatable bonds is 6. The number of esters is 1. The van der Waals surface area contributed by atoms with Crippen molar-refractivity contribution in [1.29, 1.82) is 0 Å². The maximum Gasteiger partial charge on any atom is 0.331 e. The van der Waals surface area contributed by atoms with E-state index < -0.39 is 0 Å². The lowest BCUT2D eigenvalue weighted by molar-refractivity contribution is -0.139. The second-order valence-corrected chi connectivity index (χ2v) is 6.09. The van der Waals surface area contributed by atoms with Crippen LogP contribution in [0.5, 0.6) is 0 Å². The van der Waals surface area contributed by atoms with Gasteiger partial charge in [0.1, 0.15) is 6.10 Å². The smallest absolute Gasteiger partial charge is 0.331 e. The molecule has 22 heavy (non-hydrogen) atoms. The standard InChI is InChI=1S/C19H23NO2/c1-3-4-5-6-7-15-13-18(21)22-19(15)16-8-9-17-14(12-16)10-11-20(17)2/h8-13,19H,3-7H2,1-2H3. The topological polar surface area (TPSA) is 31.2 Å². The number of hydrogen-bond acceptors (Lipinski definition) is 2. The van der Waals surface area contributed by atoms with Gasteiger partial charge in [-0.15, -0.1) is 0 Å². The molecule has 3 nitrogen and oxygen atoms in total. The van der Waals surface area contributed by atoms with Gasteiger partial charge in [0.2, 0.25) is 0 Å². The highest BCUT2D eigenvalue weighted by Crippen LogP contribution is 2.35. The van der Waals surface area contributed by atoms with E-state index in [1.165, 1.54) is 30.2 Å². The van der Waals surface area contributed by atoms with E-state index in [1.54, 1.807) is 6.08 Å². The summed E-state index contributed by atoms with van der Waals surface area (Å²) in [5.74, 6) is -0.205. The lowest BCUT2D eigenvalue weighted by atomic mass is 9.96. The summed E-state index contributed by atoms with van der Waals surface area (Å²) < 4.78 is 7.63. The van der Waals surface area contributed by atoms with Crippen molar-refractivity contribution in [2.45, 2.75) is 45.1 Å². The van der Waals surface area contributed by atoms with Gasteiger partial charge in [0.15, 0.2) is 0 Å². The zero-order valence-corrected chi connectivity index (χ0v) is 13.3. The predicted molar refractivity (Wildman–Crippen MR) is 88.6 cm³/mol. The third-order valence-electron chi connectivity index (χ3n) is 4.41. The van der Waals surface area contributed by atoms with Gasteiger partial charge in [-0.05, 0) is 47.6 Å². The predicted octanol–water partition coefficient (Wildman–Crippen LogP) is 4.67. The second-order valence-electron chi connectivity index (χ2n) is 6.09. The van der Waals surface area contributed by atoms with Crippen molar-refractivity contribution >= 4 is 16.9 Å². The van der Waals surface area contributed by atoms with E-state index >= 15 is 0 Å². The molecule has 0 fully saturated rings. The van der Waals surface area contributed by atoms with Crippen LogP contribution in [0.3, 0.4) is 0 Å². The van der Waals surface area contributed by atoms with E-state index in [0.717, 1.165) is 24.0 Å². The number of fused-ring (bicyclic) bond motifs is 1. The maximum atomic E-state index is 11.7. The molecule has 0 saturated heterocycles. The molecule has 1 aliphatic heterocycles. The van der Waals surface area contributed by atoms with Crippen LogP contribution in [0.1, 0.15) is 50.7 Å². The van der Waals surface area contributed by atoms with Gasteiger partial charge in [0.25, 0.3) is 0 Å². The van der Waals surface area contributed by atoms with Gasteiger partial charge in [-0.3, -0.25) is 0 Å². The minimum atomic E-state index is -0.205. The Kier molecular flexibility index (Phi) is 4.32. The van der Waals surface area contributed by atoms with E-state index in [1.807, 2.05) is 7.05 Å². The molecule has 0 N–H and O–H groups in total. The summed E-state index contributed by atoms with van der Waals surface area (Å²) >= 11 is 0. The number of ether oxygens (including phenoxy) is 1. The lowest BCUT2D eigenvalue weighted by Gasteiger charge is -2.15. The number of hydrogen-bond donors (Lipinski definition) is 0. The number of benzene rings is 1. The molecule has 1 aromatic carbocycles. The Hall–Kier alpha value is -2.03. The summed E-state index contributed by atoms with van der Waals surface area (Å²) in [6.07, 6.45) is 9.31. The average Bonchev–Trinajstić information content (AvgIpc) is 3.07. The van der Waals surface area contributed by atoms with Gasteiger partial charge < -0.3 is 9.30 Å². The van der Waals surface area contributed by atoms with Crippen LogP contribution in [-0.4, -0.2) is 10.5 Å². The van der Waals surface area contributed by atoms with Crippen molar-refractivity contribution in [3.63, 3.8) is 0 Å². The normalized spacial score (nSPS) is 17.8. The first-order valence-corrected chi connectivity index (χ1v) is 8.15. The highest BCUT2D eigenvalue weighted by atomic mass is 16.5. The Morgan fingerprint density at radius 1 is 1.18 bits per heavy atom. The Labute approximate surface area is 131 Å². The van der Waals surface area contributed by atoms with Gasteiger partial charge in [0.05, 0.1) is 0 Å². The van der Waals surface area contributed by atoms with Crippen LogP contribution in [0.2, 0.25) is 0 Å². The summed E-state index contributed by atoms with van der Waals surface area (Å²) in [7, 11) is 2.04. The van der Waals surface area contributed by atoms with Gasteiger partial charge in [0, 0.05) is 24.8 Å². The second kappa shape index (κ2) is 6.39. The molecule has 3 heteroatoms. The largest absolute Gasteiger partial charge is 0.450 e. The first-order valence-electron chi connectivity index (χ1n) is 8.15. The monoisotopic (exact) mass is 297 g/mol. The number of carbonyl (C=O) groups is 1. The van der Waals surface area contributed by atoms with Gasteiger partial charge in [-0.2, -0.15) is 0 Å². The Balaban J connectivity index is 1.78. The van der Waals surface area contributed by atoms with Crippen LogP contribution in [0.15, 0.2) is 42.1 Å².